The lowest BCUT2D eigenvalue weighted by Crippen LogP contribution is -2.35. The molecule has 0 unspecified atom stereocenters. The van der Waals surface area contributed by atoms with Gasteiger partial charge in [0, 0.05) is 23.1 Å². The van der Waals surface area contributed by atoms with E-state index in [4.69, 9.17) is 0 Å². The first kappa shape index (κ1) is 12.4. The van der Waals surface area contributed by atoms with E-state index < -0.39 is 0 Å². The molecule has 0 radical (unpaired) electrons. The van der Waals surface area contributed by atoms with Crippen molar-refractivity contribution in [2.45, 2.75) is 20.3 Å². The smallest absolute Gasteiger partial charge is 0.254 e. The van der Waals surface area contributed by atoms with Crippen molar-refractivity contribution in [2.24, 2.45) is 0 Å². The van der Waals surface area contributed by atoms with E-state index in [-0.39, 0.29) is 5.91 Å². The molecule has 0 aromatic heterocycles. The van der Waals surface area contributed by atoms with Crippen LogP contribution in [-0.4, -0.2) is 23.9 Å². The van der Waals surface area contributed by atoms with Crippen molar-refractivity contribution in [1.82, 2.24) is 4.90 Å². The highest BCUT2D eigenvalue weighted by atomic mass is 79.9. The topological polar surface area (TPSA) is 20.3 Å². The molecule has 0 fully saturated rings. The van der Waals surface area contributed by atoms with Crippen LogP contribution in [0.3, 0.4) is 0 Å². The summed E-state index contributed by atoms with van der Waals surface area (Å²) in [5.41, 5.74) is 3.11. The normalized spacial score (nSPS) is 15.7. The molecule has 0 N–H and O–H groups in total. The lowest BCUT2D eigenvalue weighted by Gasteiger charge is -2.26. The van der Waals surface area contributed by atoms with Gasteiger partial charge in [0.1, 0.15) is 0 Å². The van der Waals surface area contributed by atoms with Gasteiger partial charge >= 0.3 is 0 Å². The van der Waals surface area contributed by atoms with Gasteiger partial charge < -0.3 is 4.90 Å². The van der Waals surface area contributed by atoms with E-state index >= 15 is 0 Å². The average Bonchev–Trinajstić information content (AvgIpc) is 2.31. The van der Waals surface area contributed by atoms with Crippen LogP contribution in [0.2, 0.25) is 0 Å². The Hall–Kier alpha value is -1.09. The van der Waals surface area contributed by atoms with Crippen LogP contribution in [0, 0.1) is 6.92 Å². The Morgan fingerprint density at radius 2 is 2.12 bits per heavy atom. The summed E-state index contributed by atoms with van der Waals surface area (Å²) >= 11 is 3.42. The highest BCUT2D eigenvalue weighted by molar-refractivity contribution is 9.10. The zero-order valence-corrected chi connectivity index (χ0v) is 11.8. The van der Waals surface area contributed by atoms with Gasteiger partial charge in [-0.1, -0.05) is 33.6 Å². The fourth-order valence-corrected chi connectivity index (χ4v) is 2.44. The largest absolute Gasteiger partial charge is 0.334 e. The van der Waals surface area contributed by atoms with Gasteiger partial charge in [0.25, 0.3) is 5.91 Å². The molecule has 1 aliphatic rings. The van der Waals surface area contributed by atoms with Crippen LogP contribution >= 0.6 is 15.9 Å². The highest BCUT2D eigenvalue weighted by Gasteiger charge is 2.19. The van der Waals surface area contributed by atoms with Gasteiger partial charge in [0.05, 0.1) is 0 Å². The maximum absolute atomic E-state index is 12.4. The Morgan fingerprint density at radius 3 is 2.82 bits per heavy atom. The Labute approximate surface area is 110 Å². The summed E-state index contributed by atoms with van der Waals surface area (Å²) in [6.45, 7) is 5.63. The first-order valence-corrected chi connectivity index (χ1v) is 6.58. The minimum Gasteiger partial charge on any atom is -0.334 e. The summed E-state index contributed by atoms with van der Waals surface area (Å²) in [6, 6.07) is 5.85. The minimum atomic E-state index is 0.135. The molecule has 2 rings (SSSR count). The highest BCUT2D eigenvalue weighted by Crippen LogP contribution is 2.19. The number of nitrogens with zero attached hydrogens (tertiary/aromatic N) is 1. The van der Waals surface area contributed by atoms with E-state index in [9.17, 15) is 4.79 Å². The van der Waals surface area contributed by atoms with Crippen LogP contribution < -0.4 is 0 Å². The molecular weight excluding hydrogens is 278 g/mol. The van der Waals surface area contributed by atoms with Crippen molar-refractivity contribution < 1.29 is 4.79 Å². The Kier molecular flexibility index (Phi) is 3.67. The summed E-state index contributed by atoms with van der Waals surface area (Å²) in [5, 5.41) is 0. The molecule has 1 aliphatic heterocycles. The third-order valence-corrected chi connectivity index (χ3v) is 3.54. The summed E-state index contributed by atoms with van der Waals surface area (Å²) in [5.74, 6) is 0.135. The molecule has 0 saturated carbocycles. The van der Waals surface area contributed by atoms with Gasteiger partial charge in [-0.05, 0) is 38.0 Å². The van der Waals surface area contributed by atoms with Crippen molar-refractivity contribution in [2.75, 3.05) is 13.1 Å². The van der Waals surface area contributed by atoms with Crippen LogP contribution in [0.15, 0.2) is 34.3 Å². The standard InChI is InChI=1S/C14H16BrNO/c1-10-4-3-7-16(9-10)14(17)13-8-12(15)6-5-11(13)2/h4-6,8H,3,7,9H2,1-2H3. The molecule has 0 spiro atoms. The predicted molar refractivity (Wildman–Crippen MR) is 73.2 cm³/mol. The van der Waals surface area contributed by atoms with Gasteiger partial charge in [-0.25, -0.2) is 0 Å². The molecule has 0 saturated heterocycles. The van der Waals surface area contributed by atoms with Crippen LogP contribution in [0.4, 0.5) is 0 Å². The van der Waals surface area contributed by atoms with Crippen molar-refractivity contribution >= 4 is 21.8 Å². The number of carbonyl (C=O) groups excluding carboxylic acids is 1. The van der Waals surface area contributed by atoms with E-state index in [1.807, 2.05) is 30.0 Å². The molecule has 0 atom stereocenters. The summed E-state index contributed by atoms with van der Waals surface area (Å²) in [4.78, 5) is 14.3. The number of aryl methyl sites for hydroxylation is 1. The van der Waals surface area contributed by atoms with Crippen molar-refractivity contribution in [3.63, 3.8) is 0 Å². The van der Waals surface area contributed by atoms with Gasteiger partial charge in [-0.3, -0.25) is 4.79 Å². The maximum atomic E-state index is 12.4. The zero-order valence-electron chi connectivity index (χ0n) is 10.2. The molecule has 2 nitrogen and oxygen atoms in total. The molecule has 3 heteroatoms. The predicted octanol–water partition coefficient (Wildman–Crippen LogP) is 3.55. The third-order valence-electron chi connectivity index (χ3n) is 3.05. The van der Waals surface area contributed by atoms with Gasteiger partial charge in [0.2, 0.25) is 0 Å². The SMILES string of the molecule is CC1=CCCN(C(=O)c2cc(Br)ccc2C)C1. The minimum absolute atomic E-state index is 0.135. The molecule has 90 valence electrons. The Bertz CT molecular complexity index is 479. The molecule has 1 aromatic carbocycles. The lowest BCUT2D eigenvalue weighted by atomic mass is 10.1. The summed E-state index contributed by atoms with van der Waals surface area (Å²) in [6.07, 6.45) is 3.17. The van der Waals surface area contributed by atoms with Crippen molar-refractivity contribution in [1.29, 1.82) is 0 Å². The van der Waals surface area contributed by atoms with Crippen LogP contribution in [-0.2, 0) is 0 Å². The third kappa shape index (κ3) is 2.78. The number of benzene rings is 1. The lowest BCUT2D eigenvalue weighted by molar-refractivity contribution is 0.0765. The van der Waals surface area contributed by atoms with Crippen LogP contribution in [0.5, 0.6) is 0 Å². The number of hydrogen-bond acceptors (Lipinski definition) is 1. The maximum Gasteiger partial charge on any atom is 0.254 e. The first-order valence-electron chi connectivity index (χ1n) is 5.79. The molecular formula is C14H16BrNO. The van der Waals surface area contributed by atoms with Crippen LogP contribution in [0.25, 0.3) is 0 Å². The van der Waals surface area contributed by atoms with E-state index in [0.29, 0.717) is 0 Å². The summed E-state index contributed by atoms with van der Waals surface area (Å²) < 4.78 is 0.954. The van der Waals surface area contributed by atoms with E-state index in [1.165, 1.54) is 5.57 Å². The van der Waals surface area contributed by atoms with Crippen LogP contribution in [0.1, 0.15) is 29.3 Å². The number of hydrogen-bond donors (Lipinski definition) is 0. The first-order chi connectivity index (χ1) is 8.08. The summed E-state index contributed by atoms with van der Waals surface area (Å²) in [7, 11) is 0. The quantitative estimate of drug-likeness (QED) is 0.725. The molecule has 0 aliphatic carbocycles. The fourth-order valence-electron chi connectivity index (χ4n) is 2.08. The van der Waals surface area contributed by atoms with Gasteiger partial charge in [-0.2, -0.15) is 0 Å². The molecule has 1 heterocycles. The van der Waals surface area contributed by atoms with E-state index in [1.54, 1.807) is 0 Å². The van der Waals surface area contributed by atoms with E-state index in [2.05, 4.69) is 28.9 Å². The Balaban J connectivity index is 2.25. The second kappa shape index (κ2) is 5.05. The van der Waals surface area contributed by atoms with Crippen molar-refractivity contribution in [3.05, 3.63) is 45.4 Å². The van der Waals surface area contributed by atoms with Gasteiger partial charge in [-0.15, -0.1) is 0 Å². The molecule has 0 bridgehead atoms. The number of halogens is 1. The monoisotopic (exact) mass is 293 g/mol. The van der Waals surface area contributed by atoms with Gasteiger partial charge in [0.15, 0.2) is 0 Å². The van der Waals surface area contributed by atoms with E-state index in [0.717, 1.165) is 35.1 Å². The number of amides is 1. The number of rotatable bonds is 1. The van der Waals surface area contributed by atoms with Crippen molar-refractivity contribution in [3.8, 4) is 0 Å². The molecule has 17 heavy (non-hydrogen) atoms. The second-order valence-electron chi connectivity index (χ2n) is 4.53. The second-order valence-corrected chi connectivity index (χ2v) is 5.44. The zero-order chi connectivity index (χ0) is 12.4. The molecule has 1 amide bonds. The Morgan fingerprint density at radius 1 is 1.35 bits per heavy atom. The number of carbonyl (C=O) groups is 1. The average molecular weight is 294 g/mol. The fraction of sp³-hybridized carbons (Fsp3) is 0.357. The molecule has 1 aromatic rings.